The standard InChI is InChI=1S/C13H21N3S/c1-4-10(3)9-16(5-2)11-6-7-15-12(8-11)13(14)17/h6-8,10H,4-5,9H2,1-3H3,(H2,14,17). The van der Waals surface area contributed by atoms with Gasteiger partial charge in [0.15, 0.2) is 0 Å². The van der Waals surface area contributed by atoms with Crippen molar-refractivity contribution in [3.8, 4) is 0 Å². The van der Waals surface area contributed by atoms with Crippen molar-refractivity contribution in [2.75, 3.05) is 18.0 Å². The van der Waals surface area contributed by atoms with E-state index >= 15 is 0 Å². The van der Waals surface area contributed by atoms with Gasteiger partial charge >= 0.3 is 0 Å². The van der Waals surface area contributed by atoms with E-state index in [4.69, 9.17) is 18.0 Å². The number of anilines is 1. The van der Waals surface area contributed by atoms with Crippen LogP contribution < -0.4 is 10.6 Å². The van der Waals surface area contributed by atoms with Crippen LogP contribution in [-0.4, -0.2) is 23.1 Å². The molecule has 0 saturated carbocycles. The zero-order chi connectivity index (χ0) is 12.8. The second-order valence-electron chi connectivity index (χ2n) is 4.32. The molecule has 0 aromatic carbocycles. The summed E-state index contributed by atoms with van der Waals surface area (Å²) in [6.45, 7) is 8.66. The van der Waals surface area contributed by atoms with E-state index in [1.807, 2.05) is 12.1 Å². The number of pyridine rings is 1. The number of hydrogen-bond acceptors (Lipinski definition) is 3. The van der Waals surface area contributed by atoms with Gasteiger partial charge in [0.2, 0.25) is 0 Å². The third kappa shape index (κ3) is 3.97. The number of nitrogens with zero attached hydrogens (tertiary/aromatic N) is 2. The lowest BCUT2D eigenvalue weighted by molar-refractivity contribution is 0.548. The zero-order valence-electron chi connectivity index (χ0n) is 10.8. The summed E-state index contributed by atoms with van der Waals surface area (Å²) in [7, 11) is 0. The molecule has 0 fully saturated rings. The van der Waals surface area contributed by atoms with Crippen LogP contribution in [0.5, 0.6) is 0 Å². The van der Waals surface area contributed by atoms with Crippen molar-refractivity contribution in [2.45, 2.75) is 27.2 Å². The summed E-state index contributed by atoms with van der Waals surface area (Å²) in [5.74, 6) is 0.677. The van der Waals surface area contributed by atoms with Crippen LogP contribution in [0.2, 0.25) is 0 Å². The molecule has 0 aliphatic rings. The molecule has 1 heterocycles. The molecule has 4 heteroatoms. The highest BCUT2D eigenvalue weighted by atomic mass is 32.1. The zero-order valence-corrected chi connectivity index (χ0v) is 11.6. The number of thiocarbonyl (C=S) groups is 1. The van der Waals surface area contributed by atoms with Gasteiger partial charge in [-0.25, -0.2) is 0 Å². The van der Waals surface area contributed by atoms with Crippen molar-refractivity contribution in [1.82, 2.24) is 4.98 Å². The van der Waals surface area contributed by atoms with Gasteiger partial charge in [0.1, 0.15) is 4.99 Å². The van der Waals surface area contributed by atoms with Crippen molar-refractivity contribution in [3.63, 3.8) is 0 Å². The van der Waals surface area contributed by atoms with Crippen molar-refractivity contribution in [2.24, 2.45) is 11.7 Å². The van der Waals surface area contributed by atoms with Crippen molar-refractivity contribution in [1.29, 1.82) is 0 Å². The quantitative estimate of drug-likeness (QED) is 0.789. The maximum atomic E-state index is 5.60. The highest BCUT2D eigenvalue weighted by Gasteiger charge is 2.09. The fourth-order valence-electron chi connectivity index (χ4n) is 1.67. The monoisotopic (exact) mass is 251 g/mol. The average molecular weight is 251 g/mol. The lowest BCUT2D eigenvalue weighted by atomic mass is 10.1. The Kier molecular flexibility index (Phi) is 5.35. The Morgan fingerprint density at radius 1 is 1.53 bits per heavy atom. The number of nitrogens with two attached hydrogens (primary N) is 1. The van der Waals surface area contributed by atoms with Crippen LogP contribution in [0.3, 0.4) is 0 Å². The number of rotatable bonds is 6. The molecule has 0 bridgehead atoms. The SMILES string of the molecule is CCC(C)CN(CC)c1ccnc(C(N)=S)c1. The average Bonchev–Trinajstić information content (AvgIpc) is 2.35. The minimum Gasteiger partial charge on any atom is -0.388 e. The minimum atomic E-state index is 0.353. The number of aromatic nitrogens is 1. The molecule has 1 rings (SSSR count). The molecule has 3 nitrogen and oxygen atoms in total. The van der Waals surface area contributed by atoms with Gasteiger partial charge in [-0.2, -0.15) is 0 Å². The number of hydrogen-bond donors (Lipinski definition) is 1. The molecule has 94 valence electrons. The summed E-state index contributed by atoms with van der Waals surface area (Å²) in [5, 5.41) is 0. The van der Waals surface area contributed by atoms with Gasteiger partial charge in [-0.3, -0.25) is 4.98 Å². The van der Waals surface area contributed by atoms with Gasteiger partial charge < -0.3 is 10.6 Å². The second kappa shape index (κ2) is 6.55. The lowest BCUT2D eigenvalue weighted by Crippen LogP contribution is -2.28. The lowest BCUT2D eigenvalue weighted by Gasteiger charge is -2.26. The third-order valence-corrected chi connectivity index (χ3v) is 3.18. The minimum absolute atomic E-state index is 0.353. The summed E-state index contributed by atoms with van der Waals surface area (Å²) in [4.78, 5) is 6.85. The topological polar surface area (TPSA) is 42.2 Å². The molecule has 1 aromatic heterocycles. The van der Waals surface area contributed by atoms with Gasteiger partial charge in [0.05, 0.1) is 5.69 Å². The second-order valence-corrected chi connectivity index (χ2v) is 4.76. The first kappa shape index (κ1) is 13.9. The van der Waals surface area contributed by atoms with Gasteiger partial charge in [-0.05, 0) is 25.0 Å². The van der Waals surface area contributed by atoms with E-state index in [2.05, 4.69) is 30.7 Å². The Labute approximate surface area is 109 Å². The van der Waals surface area contributed by atoms with Crippen molar-refractivity contribution in [3.05, 3.63) is 24.0 Å². The van der Waals surface area contributed by atoms with Crippen LogP contribution in [-0.2, 0) is 0 Å². The maximum absolute atomic E-state index is 5.60. The van der Waals surface area contributed by atoms with E-state index in [-0.39, 0.29) is 0 Å². The molecular formula is C13H21N3S. The molecule has 1 aromatic rings. The fraction of sp³-hybridized carbons (Fsp3) is 0.538. The molecule has 0 aliphatic heterocycles. The molecule has 1 atom stereocenters. The Hall–Kier alpha value is -1.16. The summed E-state index contributed by atoms with van der Waals surface area (Å²) >= 11 is 4.95. The molecule has 0 radical (unpaired) electrons. The molecule has 1 unspecified atom stereocenters. The summed E-state index contributed by atoms with van der Waals surface area (Å²) in [5.41, 5.74) is 7.44. The van der Waals surface area contributed by atoms with Gasteiger partial charge in [-0.15, -0.1) is 0 Å². The van der Waals surface area contributed by atoms with Gasteiger partial charge in [0.25, 0.3) is 0 Å². The third-order valence-electron chi connectivity index (χ3n) is 2.97. The predicted octanol–water partition coefficient (Wildman–Crippen LogP) is 2.59. The predicted molar refractivity (Wildman–Crippen MR) is 77.5 cm³/mol. The molecule has 0 aliphatic carbocycles. The van der Waals surface area contributed by atoms with Crippen molar-refractivity contribution < 1.29 is 0 Å². The highest BCUT2D eigenvalue weighted by molar-refractivity contribution is 7.80. The van der Waals surface area contributed by atoms with E-state index in [1.54, 1.807) is 6.20 Å². The van der Waals surface area contributed by atoms with E-state index in [0.29, 0.717) is 16.6 Å². The first-order chi connectivity index (χ1) is 8.08. The van der Waals surface area contributed by atoms with Crippen LogP contribution in [0.1, 0.15) is 32.9 Å². The maximum Gasteiger partial charge on any atom is 0.122 e. The molecular weight excluding hydrogens is 230 g/mol. The molecule has 0 spiro atoms. The molecule has 0 amide bonds. The van der Waals surface area contributed by atoms with Crippen LogP contribution in [0.4, 0.5) is 5.69 Å². The highest BCUT2D eigenvalue weighted by Crippen LogP contribution is 2.17. The van der Waals surface area contributed by atoms with Crippen LogP contribution >= 0.6 is 12.2 Å². The van der Waals surface area contributed by atoms with Crippen LogP contribution in [0.25, 0.3) is 0 Å². The van der Waals surface area contributed by atoms with Crippen LogP contribution in [0, 0.1) is 5.92 Å². The Morgan fingerprint density at radius 3 is 2.76 bits per heavy atom. The van der Waals surface area contributed by atoms with Gasteiger partial charge in [-0.1, -0.05) is 32.5 Å². The van der Waals surface area contributed by atoms with E-state index < -0.39 is 0 Å². The Balaban J connectivity index is 2.88. The molecule has 2 N–H and O–H groups in total. The first-order valence-corrected chi connectivity index (χ1v) is 6.50. The normalized spacial score (nSPS) is 12.2. The van der Waals surface area contributed by atoms with Crippen molar-refractivity contribution >= 4 is 22.9 Å². The van der Waals surface area contributed by atoms with Gasteiger partial charge in [0, 0.05) is 25.0 Å². The summed E-state index contributed by atoms with van der Waals surface area (Å²) in [6.07, 6.45) is 2.95. The smallest absolute Gasteiger partial charge is 0.122 e. The molecule has 17 heavy (non-hydrogen) atoms. The first-order valence-electron chi connectivity index (χ1n) is 6.09. The largest absolute Gasteiger partial charge is 0.388 e. The van der Waals surface area contributed by atoms with Crippen LogP contribution in [0.15, 0.2) is 18.3 Å². The summed E-state index contributed by atoms with van der Waals surface area (Å²) < 4.78 is 0. The summed E-state index contributed by atoms with van der Waals surface area (Å²) in [6, 6.07) is 3.97. The van der Waals surface area contributed by atoms with E-state index in [1.165, 1.54) is 6.42 Å². The Morgan fingerprint density at radius 2 is 2.24 bits per heavy atom. The fourth-order valence-corrected chi connectivity index (χ4v) is 1.78. The van der Waals surface area contributed by atoms with E-state index in [9.17, 15) is 0 Å². The van der Waals surface area contributed by atoms with E-state index in [0.717, 1.165) is 18.8 Å². The Bertz CT molecular complexity index is 379. The molecule has 0 saturated heterocycles.